The summed E-state index contributed by atoms with van der Waals surface area (Å²) in [6.07, 6.45) is 5.00. The Labute approximate surface area is 129 Å². The Morgan fingerprint density at radius 2 is 1.57 bits per heavy atom. The Bertz CT molecular complexity index is 245. The van der Waals surface area contributed by atoms with E-state index < -0.39 is 5.79 Å². The second-order valence-corrected chi connectivity index (χ2v) is 5.81. The molecule has 1 unspecified atom stereocenters. The molecule has 0 amide bonds. The molecule has 1 aliphatic heterocycles. The average Bonchev–Trinajstić information content (AvgIpc) is 2.79. The Morgan fingerprint density at radius 1 is 0.905 bits per heavy atom. The largest absolute Gasteiger partial charge is 0.379 e. The van der Waals surface area contributed by atoms with Gasteiger partial charge in [-0.3, -0.25) is 0 Å². The molecule has 0 saturated carbocycles. The molecule has 5 heteroatoms. The lowest BCUT2D eigenvalue weighted by Crippen LogP contribution is -2.24. The average molecular weight is 304 g/mol. The van der Waals surface area contributed by atoms with E-state index in [4.69, 9.17) is 23.7 Å². The van der Waals surface area contributed by atoms with Crippen molar-refractivity contribution in [1.29, 1.82) is 0 Å². The smallest absolute Gasteiger partial charge is 0.163 e. The van der Waals surface area contributed by atoms with Gasteiger partial charge in [0, 0.05) is 6.61 Å². The van der Waals surface area contributed by atoms with Gasteiger partial charge in [-0.2, -0.15) is 0 Å². The van der Waals surface area contributed by atoms with Crippen LogP contribution < -0.4 is 0 Å². The zero-order valence-corrected chi connectivity index (χ0v) is 13.9. The highest BCUT2D eigenvalue weighted by atomic mass is 16.7. The lowest BCUT2D eigenvalue weighted by atomic mass is 10.2. The summed E-state index contributed by atoms with van der Waals surface area (Å²) in [5, 5.41) is 0. The summed E-state index contributed by atoms with van der Waals surface area (Å²) in [5.74, 6) is -0.473. The van der Waals surface area contributed by atoms with Gasteiger partial charge in [0.05, 0.1) is 39.6 Å². The van der Waals surface area contributed by atoms with Crippen LogP contribution in [0, 0.1) is 0 Å². The topological polar surface area (TPSA) is 46.2 Å². The highest BCUT2D eigenvalue weighted by Crippen LogP contribution is 2.22. The molecule has 1 aliphatic rings. The van der Waals surface area contributed by atoms with Crippen molar-refractivity contribution in [2.24, 2.45) is 0 Å². The second kappa shape index (κ2) is 11.4. The molecule has 1 atom stereocenters. The van der Waals surface area contributed by atoms with Crippen LogP contribution in [0.1, 0.15) is 46.5 Å². The van der Waals surface area contributed by atoms with E-state index in [-0.39, 0.29) is 6.10 Å². The third kappa shape index (κ3) is 10.2. The molecule has 1 heterocycles. The van der Waals surface area contributed by atoms with E-state index in [1.54, 1.807) is 0 Å². The van der Waals surface area contributed by atoms with Crippen molar-refractivity contribution in [2.75, 3.05) is 46.2 Å². The SMILES string of the molecule is CCCCCCOCCOCCOCC1COC(C)(C)O1. The molecule has 5 nitrogen and oxygen atoms in total. The van der Waals surface area contributed by atoms with Gasteiger partial charge < -0.3 is 23.7 Å². The van der Waals surface area contributed by atoms with Gasteiger partial charge in [-0.05, 0) is 20.3 Å². The molecule has 1 fully saturated rings. The molecule has 0 aromatic heterocycles. The molecule has 1 rings (SSSR count). The fourth-order valence-electron chi connectivity index (χ4n) is 2.13. The van der Waals surface area contributed by atoms with Gasteiger partial charge in [-0.1, -0.05) is 26.2 Å². The summed E-state index contributed by atoms with van der Waals surface area (Å²) in [7, 11) is 0. The van der Waals surface area contributed by atoms with Crippen molar-refractivity contribution in [3.8, 4) is 0 Å². The number of rotatable bonds is 13. The van der Waals surface area contributed by atoms with E-state index in [1.165, 1.54) is 19.3 Å². The normalized spacial score (nSPS) is 21.0. The third-order valence-electron chi connectivity index (χ3n) is 3.26. The molecule has 0 N–H and O–H groups in total. The first-order valence-electron chi connectivity index (χ1n) is 8.19. The van der Waals surface area contributed by atoms with Crippen LogP contribution in [0.3, 0.4) is 0 Å². The highest BCUT2D eigenvalue weighted by Gasteiger charge is 2.32. The van der Waals surface area contributed by atoms with Crippen molar-refractivity contribution in [1.82, 2.24) is 0 Å². The molecular weight excluding hydrogens is 272 g/mol. The fraction of sp³-hybridized carbons (Fsp3) is 1.00. The number of hydrogen-bond donors (Lipinski definition) is 0. The predicted molar refractivity (Wildman–Crippen MR) is 81.5 cm³/mol. The van der Waals surface area contributed by atoms with Gasteiger partial charge in [-0.15, -0.1) is 0 Å². The van der Waals surface area contributed by atoms with Crippen LogP contribution in [0.25, 0.3) is 0 Å². The lowest BCUT2D eigenvalue weighted by Gasteiger charge is -2.17. The second-order valence-electron chi connectivity index (χ2n) is 5.81. The van der Waals surface area contributed by atoms with Gasteiger partial charge in [0.2, 0.25) is 0 Å². The molecule has 0 aliphatic carbocycles. The van der Waals surface area contributed by atoms with Crippen LogP contribution in [0.4, 0.5) is 0 Å². The quantitative estimate of drug-likeness (QED) is 0.490. The predicted octanol–water partition coefficient (Wildman–Crippen LogP) is 2.77. The van der Waals surface area contributed by atoms with Crippen LogP contribution in [0.5, 0.6) is 0 Å². The maximum absolute atomic E-state index is 5.64. The van der Waals surface area contributed by atoms with Crippen LogP contribution in [0.15, 0.2) is 0 Å². The maximum Gasteiger partial charge on any atom is 0.163 e. The van der Waals surface area contributed by atoms with Crippen LogP contribution >= 0.6 is 0 Å². The van der Waals surface area contributed by atoms with Gasteiger partial charge in [-0.25, -0.2) is 0 Å². The molecule has 0 bridgehead atoms. The van der Waals surface area contributed by atoms with Crippen molar-refractivity contribution in [3.05, 3.63) is 0 Å². The van der Waals surface area contributed by atoms with Gasteiger partial charge >= 0.3 is 0 Å². The van der Waals surface area contributed by atoms with Gasteiger partial charge in [0.25, 0.3) is 0 Å². The minimum atomic E-state index is -0.473. The fourth-order valence-corrected chi connectivity index (χ4v) is 2.13. The monoisotopic (exact) mass is 304 g/mol. The van der Waals surface area contributed by atoms with E-state index in [9.17, 15) is 0 Å². The first-order valence-corrected chi connectivity index (χ1v) is 8.19. The van der Waals surface area contributed by atoms with Gasteiger partial charge in [0.1, 0.15) is 6.10 Å². The minimum absolute atomic E-state index is 0.0338. The summed E-state index contributed by atoms with van der Waals surface area (Å²) in [6.45, 7) is 10.5. The Morgan fingerprint density at radius 3 is 2.19 bits per heavy atom. The Hall–Kier alpha value is -0.200. The van der Waals surface area contributed by atoms with Crippen LogP contribution in [-0.4, -0.2) is 58.1 Å². The Kier molecular flexibility index (Phi) is 10.2. The summed E-state index contributed by atoms with van der Waals surface area (Å²) < 4.78 is 27.5. The number of ether oxygens (including phenoxy) is 5. The van der Waals surface area contributed by atoms with Gasteiger partial charge in [0.15, 0.2) is 5.79 Å². The molecule has 1 saturated heterocycles. The summed E-state index contributed by atoms with van der Waals surface area (Å²) in [5.41, 5.74) is 0. The first kappa shape index (κ1) is 18.8. The van der Waals surface area contributed by atoms with Crippen molar-refractivity contribution in [2.45, 2.75) is 58.3 Å². The Balaban J connectivity index is 1.75. The maximum atomic E-state index is 5.64. The molecule has 0 aromatic rings. The lowest BCUT2D eigenvalue weighted by molar-refractivity contribution is -0.145. The van der Waals surface area contributed by atoms with Crippen LogP contribution in [-0.2, 0) is 23.7 Å². The van der Waals surface area contributed by atoms with E-state index in [0.717, 1.165) is 13.0 Å². The third-order valence-corrected chi connectivity index (χ3v) is 3.26. The number of hydrogen-bond acceptors (Lipinski definition) is 5. The summed E-state index contributed by atoms with van der Waals surface area (Å²) in [6, 6.07) is 0. The van der Waals surface area contributed by atoms with E-state index in [1.807, 2.05) is 13.8 Å². The molecule has 126 valence electrons. The molecule has 0 radical (unpaired) electrons. The zero-order valence-electron chi connectivity index (χ0n) is 13.9. The van der Waals surface area contributed by atoms with Crippen molar-refractivity contribution < 1.29 is 23.7 Å². The van der Waals surface area contributed by atoms with E-state index in [2.05, 4.69) is 6.92 Å². The minimum Gasteiger partial charge on any atom is -0.379 e. The van der Waals surface area contributed by atoms with Crippen LogP contribution in [0.2, 0.25) is 0 Å². The zero-order chi connectivity index (χ0) is 15.4. The first-order chi connectivity index (χ1) is 10.1. The molecule has 0 spiro atoms. The highest BCUT2D eigenvalue weighted by molar-refractivity contribution is 4.70. The molecule has 21 heavy (non-hydrogen) atoms. The molecule has 0 aromatic carbocycles. The number of unbranched alkanes of at least 4 members (excludes halogenated alkanes) is 3. The molecular formula is C16H32O5. The van der Waals surface area contributed by atoms with Crippen molar-refractivity contribution >= 4 is 0 Å². The van der Waals surface area contributed by atoms with E-state index in [0.29, 0.717) is 39.6 Å². The summed E-state index contributed by atoms with van der Waals surface area (Å²) >= 11 is 0. The van der Waals surface area contributed by atoms with Crippen molar-refractivity contribution in [3.63, 3.8) is 0 Å². The van der Waals surface area contributed by atoms with E-state index >= 15 is 0 Å². The standard InChI is InChI=1S/C16H32O5/c1-4-5-6-7-8-17-9-10-18-11-12-19-13-15-14-20-16(2,3)21-15/h15H,4-14H2,1-3H3. The summed E-state index contributed by atoms with van der Waals surface area (Å²) in [4.78, 5) is 0.